The minimum atomic E-state index is -4.30. The number of rotatable bonds is 3. The van der Waals surface area contributed by atoms with Gasteiger partial charge in [-0.05, 0) is 17.7 Å². The summed E-state index contributed by atoms with van der Waals surface area (Å²) in [7, 11) is 0. The molecule has 120 valence electrons. The summed E-state index contributed by atoms with van der Waals surface area (Å²) < 4.78 is 38.2. The molecule has 21 heavy (non-hydrogen) atoms. The second-order valence-corrected chi connectivity index (χ2v) is 4.59. The molecule has 1 saturated heterocycles. The lowest BCUT2D eigenvalue weighted by atomic mass is 10.0. The number of halogens is 5. The molecule has 0 amide bonds. The fourth-order valence-electron chi connectivity index (χ4n) is 2.36. The van der Waals surface area contributed by atoms with E-state index in [0.717, 1.165) is 32.2 Å². The molecule has 0 aliphatic carbocycles. The van der Waals surface area contributed by atoms with E-state index in [-0.39, 0.29) is 30.9 Å². The highest BCUT2D eigenvalue weighted by molar-refractivity contribution is 5.85. The average molecular weight is 343 g/mol. The summed E-state index contributed by atoms with van der Waals surface area (Å²) in [6, 6.07) is 5.33. The fourth-order valence-corrected chi connectivity index (χ4v) is 2.36. The van der Waals surface area contributed by atoms with E-state index in [2.05, 4.69) is 16.8 Å². The molecular formula is C14H19Cl2F3N2. The molecule has 1 fully saturated rings. The van der Waals surface area contributed by atoms with Gasteiger partial charge < -0.3 is 5.32 Å². The summed E-state index contributed by atoms with van der Waals surface area (Å²) in [5, 5.41) is 3.22. The van der Waals surface area contributed by atoms with Crippen LogP contribution < -0.4 is 5.32 Å². The standard InChI is InChI=1S/C14H17F3N2.2ClH/c1-2-13(19-8-6-18-7-9-19)11-4-3-5-12(10-11)14(15,16)17;;/h2-5,10,13,18H,1,6-9H2;2*1H/t13-;;/m1../s1. The van der Waals surface area contributed by atoms with Crippen molar-refractivity contribution in [2.45, 2.75) is 12.2 Å². The van der Waals surface area contributed by atoms with Crippen LogP contribution in [-0.4, -0.2) is 31.1 Å². The minimum Gasteiger partial charge on any atom is -0.314 e. The molecule has 0 bridgehead atoms. The predicted molar refractivity (Wildman–Crippen MR) is 83.3 cm³/mol. The molecule has 1 aliphatic rings. The van der Waals surface area contributed by atoms with Crippen LogP contribution in [0.15, 0.2) is 36.9 Å². The molecule has 1 atom stereocenters. The first-order chi connectivity index (χ1) is 9.02. The van der Waals surface area contributed by atoms with Gasteiger partial charge >= 0.3 is 6.18 Å². The summed E-state index contributed by atoms with van der Waals surface area (Å²) in [5.74, 6) is 0. The van der Waals surface area contributed by atoms with Crippen molar-refractivity contribution in [1.82, 2.24) is 10.2 Å². The van der Waals surface area contributed by atoms with E-state index in [9.17, 15) is 13.2 Å². The molecule has 1 heterocycles. The quantitative estimate of drug-likeness (QED) is 0.843. The molecule has 0 spiro atoms. The molecule has 1 aliphatic heterocycles. The Bertz CT molecular complexity index is 446. The summed E-state index contributed by atoms with van der Waals surface area (Å²) in [5.41, 5.74) is 0.0405. The lowest BCUT2D eigenvalue weighted by Crippen LogP contribution is -2.44. The maximum Gasteiger partial charge on any atom is 0.416 e. The van der Waals surface area contributed by atoms with E-state index in [1.54, 1.807) is 12.1 Å². The van der Waals surface area contributed by atoms with Gasteiger partial charge in [0.05, 0.1) is 11.6 Å². The molecule has 0 radical (unpaired) electrons. The highest BCUT2D eigenvalue weighted by Gasteiger charge is 2.31. The van der Waals surface area contributed by atoms with Crippen molar-refractivity contribution in [3.05, 3.63) is 48.0 Å². The lowest BCUT2D eigenvalue weighted by molar-refractivity contribution is -0.137. The van der Waals surface area contributed by atoms with Crippen molar-refractivity contribution in [3.63, 3.8) is 0 Å². The molecule has 0 saturated carbocycles. The molecular weight excluding hydrogens is 324 g/mol. The zero-order chi connectivity index (χ0) is 13.9. The Kier molecular flexibility index (Phi) is 8.33. The largest absolute Gasteiger partial charge is 0.416 e. The maximum absolute atomic E-state index is 12.7. The van der Waals surface area contributed by atoms with Crippen LogP contribution in [0.2, 0.25) is 0 Å². The molecule has 1 N–H and O–H groups in total. The number of nitrogens with one attached hydrogen (secondary N) is 1. The van der Waals surface area contributed by atoms with Crippen molar-refractivity contribution in [2.75, 3.05) is 26.2 Å². The van der Waals surface area contributed by atoms with Gasteiger partial charge in [0.1, 0.15) is 0 Å². The molecule has 2 rings (SSSR count). The zero-order valence-electron chi connectivity index (χ0n) is 11.4. The van der Waals surface area contributed by atoms with E-state index in [0.29, 0.717) is 5.56 Å². The van der Waals surface area contributed by atoms with E-state index in [1.165, 1.54) is 12.1 Å². The third kappa shape index (κ3) is 5.18. The van der Waals surface area contributed by atoms with Crippen molar-refractivity contribution in [3.8, 4) is 0 Å². The highest BCUT2D eigenvalue weighted by atomic mass is 35.5. The zero-order valence-corrected chi connectivity index (χ0v) is 13.0. The predicted octanol–water partition coefficient (Wildman–Crippen LogP) is 3.68. The maximum atomic E-state index is 12.7. The van der Waals surface area contributed by atoms with Gasteiger partial charge in [0, 0.05) is 26.2 Å². The van der Waals surface area contributed by atoms with Gasteiger partial charge in [-0.2, -0.15) is 13.2 Å². The van der Waals surface area contributed by atoms with Gasteiger partial charge in [0.15, 0.2) is 0 Å². The van der Waals surface area contributed by atoms with E-state index < -0.39 is 11.7 Å². The van der Waals surface area contributed by atoms with Crippen molar-refractivity contribution >= 4 is 24.8 Å². The van der Waals surface area contributed by atoms with Crippen molar-refractivity contribution < 1.29 is 13.2 Å². The minimum absolute atomic E-state index is 0. The summed E-state index contributed by atoms with van der Waals surface area (Å²) in [6.45, 7) is 7.09. The van der Waals surface area contributed by atoms with Crippen molar-refractivity contribution in [1.29, 1.82) is 0 Å². The van der Waals surface area contributed by atoms with Gasteiger partial charge in [-0.25, -0.2) is 0 Å². The third-order valence-electron chi connectivity index (χ3n) is 3.32. The smallest absolute Gasteiger partial charge is 0.314 e. The topological polar surface area (TPSA) is 15.3 Å². The van der Waals surface area contributed by atoms with Crippen molar-refractivity contribution in [2.24, 2.45) is 0 Å². The molecule has 7 heteroatoms. The monoisotopic (exact) mass is 342 g/mol. The summed E-state index contributed by atoms with van der Waals surface area (Å²) >= 11 is 0. The average Bonchev–Trinajstić information content (AvgIpc) is 2.40. The Hall–Kier alpha value is -0.750. The van der Waals surface area contributed by atoms with Gasteiger partial charge in [0.2, 0.25) is 0 Å². The van der Waals surface area contributed by atoms with Crippen LogP contribution in [0.25, 0.3) is 0 Å². The summed E-state index contributed by atoms with van der Waals surface area (Å²) in [4.78, 5) is 2.14. The number of alkyl halides is 3. The van der Waals surface area contributed by atoms with Gasteiger partial charge in [-0.3, -0.25) is 4.90 Å². The Morgan fingerprint density at radius 3 is 2.33 bits per heavy atom. The molecule has 1 aromatic rings. The third-order valence-corrected chi connectivity index (χ3v) is 3.32. The molecule has 0 unspecified atom stereocenters. The number of piperazine rings is 1. The van der Waals surface area contributed by atoms with Crippen LogP contribution in [-0.2, 0) is 6.18 Å². The normalized spacial score (nSPS) is 17.3. The van der Waals surface area contributed by atoms with Crippen LogP contribution in [0.3, 0.4) is 0 Å². The SMILES string of the molecule is C=C[C@H](c1cccc(C(F)(F)F)c1)N1CCNCC1.Cl.Cl. The van der Waals surface area contributed by atoms with Crippen LogP contribution >= 0.6 is 24.8 Å². The first-order valence-electron chi connectivity index (χ1n) is 6.27. The van der Waals surface area contributed by atoms with Crippen LogP contribution in [0.1, 0.15) is 17.2 Å². The molecule has 0 aromatic heterocycles. The molecule has 1 aromatic carbocycles. The van der Waals surface area contributed by atoms with Gasteiger partial charge in [-0.15, -0.1) is 31.4 Å². The van der Waals surface area contributed by atoms with Crippen LogP contribution in [0.5, 0.6) is 0 Å². The van der Waals surface area contributed by atoms with Crippen LogP contribution in [0.4, 0.5) is 13.2 Å². The Labute approximate surface area is 135 Å². The van der Waals surface area contributed by atoms with Crippen LogP contribution in [0, 0.1) is 0 Å². The summed E-state index contributed by atoms with van der Waals surface area (Å²) in [6.07, 6.45) is -2.59. The fraction of sp³-hybridized carbons (Fsp3) is 0.429. The van der Waals surface area contributed by atoms with E-state index >= 15 is 0 Å². The van der Waals surface area contributed by atoms with E-state index in [1.807, 2.05) is 0 Å². The highest BCUT2D eigenvalue weighted by Crippen LogP contribution is 2.32. The number of benzene rings is 1. The number of hydrogen-bond donors (Lipinski definition) is 1. The Morgan fingerprint density at radius 1 is 1.19 bits per heavy atom. The first kappa shape index (κ1) is 20.2. The second kappa shape index (κ2) is 8.63. The van der Waals surface area contributed by atoms with Gasteiger partial charge in [0.25, 0.3) is 0 Å². The number of hydrogen-bond acceptors (Lipinski definition) is 2. The number of nitrogens with zero attached hydrogens (tertiary/aromatic N) is 1. The lowest BCUT2D eigenvalue weighted by Gasteiger charge is -2.33. The Balaban J connectivity index is 0.00000200. The second-order valence-electron chi connectivity index (χ2n) is 4.59. The van der Waals surface area contributed by atoms with Gasteiger partial charge in [-0.1, -0.05) is 18.2 Å². The Morgan fingerprint density at radius 2 is 1.81 bits per heavy atom. The first-order valence-corrected chi connectivity index (χ1v) is 6.27. The van der Waals surface area contributed by atoms with E-state index in [4.69, 9.17) is 0 Å². The molecule has 2 nitrogen and oxygen atoms in total.